The van der Waals surface area contributed by atoms with Crippen molar-refractivity contribution in [3.05, 3.63) is 52.9 Å². The summed E-state index contributed by atoms with van der Waals surface area (Å²) in [5, 5.41) is 8.82. The molecule has 0 spiro atoms. The van der Waals surface area contributed by atoms with Gasteiger partial charge >= 0.3 is 0 Å². The van der Waals surface area contributed by atoms with Crippen LogP contribution in [0.4, 0.5) is 4.39 Å². The van der Waals surface area contributed by atoms with E-state index in [0.29, 0.717) is 0 Å². The monoisotopic (exact) mass is 303 g/mol. The van der Waals surface area contributed by atoms with Crippen molar-refractivity contribution in [2.75, 3.05) is 7.05 Å². The maximum absolute atomic E-state index is 13.3. The van der Waals surface area contributed by atoms with Gasteiger partial charge in [0, 0.05) is 22.3 Å². The molecule has 1 aromatic carbocycles. The van der Waals surface area contributed by atoms with Gasteiger partial charge in [-0.3, -0.25) is 4.68 Å². The number of nitrogens with zero attached hydrogens (tertiary/aromatic N) is 2. The summed E-state index contributed by atoms with van der Waals surface area (Å²) in [4.78, 5) is 1.18. The third-order valence-electron chi connectivity index (χ3n) is 3.55. The van der Waals surface area contributed by atoms with E-state index in [4.69, 9.17) is 0 Å². The minimum absolute atomic E-state index is 0.0829. The lowest BCUT2D eigenvalue weighted by Crippen LogP contribution is -2.20. The first-order valence-corrected chi connectivity index (χ1v) is 7.92. The summed E-state index contributed by atoms with van der Waals surface area (Å²) in [5.74, 6) is -0.187. The highest BCUT2D eigenvalue weighted by molar-refractivity contribution is 7.19. The fourth-order valence-electron chi connectivity index (χ4n) is 2.59. The molecular formula is C16H18FN3S. The molecule has 0 aliphatic carbocycles. The van der Waals surface area contributed by atoms with Gasteiger partial charge in [0.15, 0.2) is 0 Å². The molecular weight excluding hydrogens is 285 g/mol. The number of nitrogens with one attached hydrogen (secondary N) is 1. The zero-order chi connectivity index (χ0) is 14.8. The van der Waals surface area contributed by atoms with Crippen LogP contribution in [0.3, 0.4) is 0 Å². The Bertz CT molecular complexity index is 747. The molecule has 2 heterocycles. The van der Waals surface area contributed by atoms with E-state index in [1.807, 2.05) is 30.1 Å². The highest BCUT2D eigenvalue weighted by atomic mass is 32.1. The van der Waals surface area contributed by atoms with Crippen molar-refractivity contribution in [1.29, 1.82) is 0 Å². The summed E-state index contributed by atoms with van der Waals surface area (Å²) in [7, 11) is 1.94. The van der Waals surface area contributed by atoms with Crippen LogP contribution < -0.4 is 5.32 Å². The molecule has 0 amide bonds. The average molecular weight is 303 g/mol. The minimum atomic E-state index is -0.187. The molecule has 1 atom stereocenters. The molecule has 110 valence electrons. The van der Waals surface area contributed by atoms with E-state index in [2.05, 4.69) is 23.4 Å². The number of aryl methyl sites for hydroxylation is 1. The number of halogens is 1. The molecule has 0 saturated carbocycles. The van der Waals surface area contributed by atoms with Gasteiger partial charge in [-0.05, 0) is 43.1 Å². The van der Waals surface area contributed by atoms with E-state index in [0.717, 1.165) is 28.7 Å². The van der Waals surface area contributed by atoms with Crippen molar-refractivity contribution in [2.24, 2.45) is 0 Å². The van der Waals surface area contributed by atoms with Crippen LogP contribution >= 0.6 is 11.3 Å². The highest BCUT2D eigenvalue weighted by Gasteiger charge is 2.19. The summed E-state index contributed by atoms with van der Waals surface area (Å²) >= 11 is 1.63. The number of fused-ring (bicyclic) bond motifs is 1. The van der Waals surface area contributed by atoms with Gasteiger partial charge in [0.2, 0.25) is 0 Å². The Kier molecular flexibility index (Phi) is 4.03. The van der Waals surface area contributed by atoms with Crippen molar-refractivity contribution in [2.45, 2.75) is 25.9 Å². The van der Waals surface area contributed by atoms with Gasteiger partial charge in [0.25, 0.3) is 0 Å². The molecule has 0 fully saturated rings. The number of rotatable bonds is 5. The zero-order valence-electron chi connectivity index (χ0n) is 12.1. The van der Waals surface area contributed by atoms with Gasteiger partial charge in [-0.25, -0.2) is 4.39 Å². The lowest BCUT2D eigenvalue weighted by Gasteiger charge is -2.16. The Morgan fingerprint density at radius 1 is 1.33 bits per heavy atom. The molecule has 1 N–H and O–H groups in total. The molecule has 5 heteroatoms. The normalized spacial score (nSPS) is 12.9. The Balaban J connectivity index is 2.03. The second-order valence-corrected chi connectivity index (χ2v) is 6.15. The lowest BCUT2D eigenvalue weighted by molar-refractivity contribution is 0.538. The van der Waals surface area contributed by atoms with Crippen LogP contribution in [0, 0.1) is 5.82 Å². The number of thiophene rings is 1. The molecule has 2 aromatic heterocycles. The van der Waals surface area contributed by atoms with Gasteiger partial charge in [0.1, 0.15) is 5.82 Å². The summed E-state index contributed by atoms with van der Waals surface area (Å²) in [6.07, 6.45) is 2.88. The molecule has 0 bridgehead atoms. The molecule has 3 nitrogen and oxygen atoms in total. The Morgan fingerprint density at radius 2 is 2.19 bits per heavy atom. The van der Waals surface area contributed by atoms with Crippen LogP contribution in [0.1, 0.15) is 30.0 Å². The SMILES string of the molecule is CCCn1nccc1C(NC)c1cc2ccc(F)cc2s1. The topological polar surface area (TPSA) is 29.9 Å². The number of aromatic nitrogens is 2. The first-order valence-electron chi connectivity index (χ1n) is 7.11. The smallest absolute Gasteiger partial charge is 0.124 e. The van der Waals surface area contributed by atoms with Crippen molar-refractivity contribution in [3.63, 3.8) is 0 Å². The van der Waals surface area contributed by atoms with Crippen molar-refractivity contribution >= 4 is 21.4 Å². The Morgan fingerprint density at radius 3 is 2.95 bits per heavy atom. The van der Waals surface area contributed by atoms with Crippen molar-refractivity contribution in [3.8, 4) is 0 Å². The maximum Gasteiger partial charge on any atom is 0.124 e. The number of hydrogen-bond donors (Lipinski definition) is 1. The zero-order valence-corrected chi connectivity index (χ0v) is 13.0. The molecule has 3 aromatic rings. The number of benzene rings is 1. The fraction of sp³-hybridized carbons (Fsp3) is 0.312. The predicted octanol–water partition coefficient (Wildman–Crippen LogP) is 3.96. The van der Waals surface area contributed by atoms with E-state index in [-0.39, 0.29) is 11.9 Å². The third-order valence-corrected chi connectivity index (χ3v) is 4.72. The number of hydrogen-bond acceptors (Lipinski definition) is 3. The summed E-state index contributed by atoms with van der Waals surface area (Å²) in [6, 6.07) is 9.19. The molecule has 0 saturated heterocycles. The molecule has 0 aliphatic heterocycles. The molecule has 0 aliphatic rings. The molecule has 1 unspecified atom stereocenters. The Hall–Kier alpha value is -1.72. The van der Waals surface area contributed by atoms with Gasteiger partial charge in [-0.2, -0.15) is 5.10 Å². The van der Waals surface area contributed by atoms with Crippen LogP contribution in [-0.4, -0.2) is 16.8 Å². The van der Waals surface area contributed by atoms with Crippen LogP contribution in [-0.2, 0) is 6.54 Å². The van der Waals surface area contributed by atoms with E-state index < -0.39 is 0 Å². The van der Waals surface area contributed by atoms with Crippen LogP contribution in [0.15, 0.2) is 36.5 Å². The first kappa shape index (κ1) is 14.2. The van der Waals surface area contributed by atoms with E-state index in [1.54, 1.807) is 17.4 Å². The minimum Gasteiger partial charge on any atom is -0.307 e. The third kappa shape index (κ3) is 2.71. The average Bonchev–Trinajstić information content (AvgIpc) is 3.07. The second kappa shape index (κ2) is 5.95. The predicted molar refractivity (Wildman–Crippen MR) is 85.2 cm³/mol. The fourth-order valence-corrected chi connectivity index (χ4v) is 3.80. The van der Waals surface area contributed by atoms with Gasteiger partial charge in [-0.15, -0.1) is 11.3 Å². The maximum atomic E-state index is 13.3. The summed E-state index contributed by atoms with van der Waals surface area (Å²) < 4.78 is 16.4. The second-order valence-electron chi connectivity index (χ2n) is 5.03. The van der Waals surface area contributed by atoms with E-state index in [1.165, 1.54) is 10.9 Å². The largest absolute Gasteiger partial charge is 0.307 e. The summed E-state index contributed by atoms with van der Waals surface area (Å²) in [5.41, 5.74) is 1.14. The van der Waals surface area contributed by atoms with Gasteiger partial charge in [0.05, 0.1) is 11.7 Å². The molecule has 21 heavy (non-hydrogen) atoms. The first-order chi connectivity index (χ1) is 10.2. The molecule has 0 radical (unpaired) electrons. The van der Waals surface area contributed by atoms with Crippen LogP contribution in [0.25, 0.3) is 10.1 Å². The van der Waals surface area contributed by atoms with Crippen LogP contribution in [0.5, 0.6) is 0 Å². The van der Waals surface area contributed by atoms with Crippen LogP contribution in [0.2, 0.25) is 0 Å². The van der Waals surface area contributed by atoms with Gasteiger partial charge in [-0.1, -0.05) is 13.0 Å². The quantitative estimate of drug-likeness (QED) is 0.773. The molecule has 3 rings (SSSR count). The van der Waals surface area contributed by atoms with E-state index in [9.17, 15) is 4.39 Å². The van der Waals surface area contributed by atoms with Gasteiger partial charge < -0.3 is 5.32 Å². The highest BCUT2D eigenvalue weighted by Crippen LogP contribution is 2.33. The van der Waals surface area contributed by atoms with Crippen molar-refractivity contribution < 1.29 is 4.39 Å². The lowest BCUT2D eigenvalue weighted by atomic mass is 10.1. The Labute approximate surface area is 127 Å². The van der Waals surface area contributed by atoms with E-state index >= 15 is 0 Å². The van der Waals surface area contributed by atoms with Crippen molar-refractivity contribution in [1.82, 2.24) is 15.1 Å². The summed E-state index contributed by atoms with van der Waals surface area (Å²) in [6.45, 7) is 3.04. The standard InChI is InChI=1S/C16H18FN3S/c1-3-8-20-13(6-7-19-20)16(18-2)15-9-11-4-5-12(17)10-14(11)21-15/h4-7,9-10,16,18H,3,8H2,1-2H3.